The van der Waals surface area contributed by atoms with Gasteiger partial charge in [0.25, 0.3) is 0 Å². The number of oxazole rings is 1. The number of halogens is 4. The predicted molar refractivity (Wildman–Crippen MR) is 189 cm³/mol. The Morgan fingerprint density at radius 3 is 2.47 bits per heavy atom. The summed E-state index contributed by atoms with van der Waals surface area (Å²) < 4.78 is 81.8. The minimum Gasteiger partial charge on any atom is -0.619 e. The number of esters is 1. The molecule has 53 heavy (non-hydrogen) atoms. The van der Waals surface area contributed by atoms with Gasteiger partial charge in [-0.3, -0.25) is 18.6 Å². The molecule has 286 valence electrons. The van der Waals surface area contributed by atoms with Gasteiger partial charge in [-0.25, -0.2) is 13.2 Å². The van der Waals surface area contributed by atoms with E-state index in [9.17, 15) is 32.0 Å². The maximum atomic E-state index is 13.6. The molecule has 6 rings (SSSR count). The fourth-order valence-electron chi connectivity index (χ4n) is 5.89. The van der Waals surface area contributed by atoms with E-state index in [4.69, 9.17) is 41.8 Å². The summed E-state index contributed by atoms with van der Waals surface area (Å²) >= 11 is 12.7. The molecule has 0 N–H and O–H groups in total. The fourth-order valence-corrected chi connectivity index (χ4v) is 7.40. The van der Waals surface area contributed by atoms with Gasteiger partial charge in [0.15, 0.2) is 29.5 Å². The van der Waals surface area contributed by atoms with E-state index in [0.717, 1.165) is 36.1 Å². The minimum absolute atomic E-state index is 0.000612. The summed E-state index contributed by atoms with van der Waals surface area (Å²) in [5.74, 6) is -1.75. The second kappa shape index (κ2) is 16.5. The Morgan fingerprint density at radius 2 is 1.81 bits per heavy atom. The van der Waals surface area contributed by atoms with Crippen LogP contribution in [0.25, 0.3) is 11.1 Å². The van der Waals surface area contributed by atoms with Crippen LogP contribution in [0.1, 0.15) is 30.1 Å². The molecule has 0 bridgehead atoms. The molecular weight excluding hydrogens is 765 g/mol. The highest BCUT2D eigenvalue weighted by Crippen LogP contribution is 2.38. The molecule has 1 saturated carbocycles. The number of carbonyl (C=O) groups is 1. The summed E-state index contributed by atoms with van der Waals surface area (Å²) in [6.45, 7) is -0.420. The first kappa shape index (κ1) is 38.6. The van der Waals surface area contributed by atoms with Gasteiger partial charge in [-0.15, -0.1) is 0 Å². The zero-order valence-electron chi connectivity index (χ0n) is 28.4. The largest absolute Gasteiger partial charge is 0.619 e. The highest BCUT2D eigenvalue weighted by Gasteiger charge is 2.28. The zero-order valence-corrected chi connectivity index (χ0v) is 30.7. The molecule has 0 amide bonds. The van der Waals surface area contributed by atoms with Crippen molar-refractivity contribution in [3.05, 3.63) is 85.7 Å². The quantitative estimate of drug-likeness (QED) is 0.0890. The average molecular weight is 802 g/mol. The number of alkyl halides is 2. The Kier molecular flexibility index (Phi) is 12.0. The van der Waals surface area contributed by atoms with Gasteiger partial charge in [-0.2, -0.15) is 13.5 Å². The summed E-state index contributed by atoms with van der Waals surface area (Å²) in [7, 11) is -3.72. The maximum Gasteiger partial charge on any atom is 0.420 e. The lowest BCUT2D eigenvalue weighted by Crippen LogP contribution is -2.43. The molecule has 1 atom stereocenters. The third-order valence-electron chi connectivity index (χ3n) is 8.80. The summed E-state index contributed by atoms with van der Waals surface area (Å²) in [4.78, 5) is 28.7. The van der Waals surface area contributed by atoms with E-state index in [1.807, 2.05) is 0 Å². The standard InChI is InChI=1S/C34H36Cl2F2N4O10S/c1-53(46,47)42(9-8-39-10-12-48-13-11-39)23-5-6-27-30(15-23)52-34(44)41(27)19-32(43)50-29(16-24-25(35)17-40(45)18-26(24)36)22-4-7-28(51-33(37)38)31(14-22)49-20-21-2-3-21/h4-7,14-15,17-18,21,29,33H,2-3,8-13,16,19-20H2,1H3/t29-/m0/s1. The monoisotopic (exact) mass is 800 g/mol. The van der Waals surface area contributed by atoms with Gasteiger partial charge in [0, 0.05) is 44.2 Å². The Labute approximate surface area is 312 Å². The van der Waals surface area contributed by atoms with Crippen molar-refractivity contribution in [2.75, 3.05) is 56.6 Å². The number of hydrogen-bond donors (Lipinski definition) is 0. The van der Waals surface area contributed by atoms with Crippen LogP contribution in [0, 0.1) is 11.1 Å². The van der Waals surface area contributed by atoms with E-state index in [-0.39, 0.29) is 69.4 Å². The molecule has 2 aromatic heterocycles. The lowest BCUT2D eigenvalue weighted by atomic mass is 10.0. The number of benzene rings is 2. The second-order valence-electron chi connectivity index (χ2n) is 12.7. The number of carbonyl (C=O) groups excluding carboxylic acids is 1. The van der Waals surface area contributed by atoms with Crippen molar-refractivity contribution in [2.45, 2.75) is 38.5 Å². The summed E-state index contributed by atoms with van der Waals surface area (Å²) in [5, 5.41) is 11.9. The lowest BCUT2D eigenvalue weighted by Gasteiger charge is -2.30. The van der Waals surface area contributed by atoms with Crippen molar-refractivity contribution in [1.29, 1.82) is 0 Å². The van der Waals surface area contributed by atoms with Crippen LogP contribution in [-0.2, 0) is 37.3 Å². The molecule has 14 nitrogen and oxygen atoms in total. The molecule has 1 saturated heterocycles. The van der Waals surface area contributed by atoms with Crippen molar-refractivity contribution < 1.29 is 50.1 Å². The summed E-state index contributed by atoms with van der Waals surface area (Å²) in [5.41, 5.74) is 1.06. The van der Waals surface area contributed by atoms with Crippen molar-refractivity contribution in [3.63, 3.8) is 0 Å². The van der Waals surface area contributed by atoms with Crippen LogP contribution < -0.4 is 24.3 Å². The molecule has 0 unspecified atom stereocenters. The third-order valence-corrected chi connectivity index (χ3v) is 10.6. The molecule has 1 aliphatic heterocycles. The van der Waals surface area contributed by atoms with Gasteiger partial charge in [-0.05, 0) is 48.6 Å². The van der Waals surface area contributed by atoms with Crippen molar-refractivity contribution >= 4 is 56.0 Å². The normalized spacial score (nSPS) is 15.8. The van der Waals surface area contributed by atoms with E-state index in [1.54, 1.807) is 0 Å². The number of rotatable bonds is 16. The molecule has 1 aliphatic carbocycles. The Morgan fingerprint density at radius 1 is 1.09 bits per heavy atom. The van der Waals surface area contributed by atoms with Crippen LogP contribution in [0.5, 0.6) is 11.5 Å². The molecule has 3 heterocycles. The topological polar surface area (TPSA) is 157 Å². The number of anilines is 1. The van der Waals surface area contributed by atoms with Gasteiger partial charge in [0.1, 0.15) is 22.7 Å². The van der Waals surface area contributed by atoms with Gasteiger partial charge < -0.3 is 28.6 Å². The molecule has 19 heteroatoms. The number of pyridine rings is 1. The molecule has 4 aromatic rings. The van der Waals surface area contributed by atoms with E-state index >= 15 is 0 Å². The van der Waals surface area contributed by atoms with Crippen molar-refractivity contribution in [3.8, 4) is 11.5 Å². The lowest BCUT2D eigenvalue weighted by molar-refractivity contribution is -0.605. The molecule has 2 fully saturated rings. The SMILES string of the molecule is CS(=O)(=O)N(CCN1CCOCC1)c1ccc2c(c1)oc(=O)n2CC(=O)O[C@@H](Cc1c(Cl)c[n+]([O-])cc1Cl)c1ccc(OC(F)F)c(OCC2CC2)c1. The molecule has 2 aromatic carbocycles. The second-order valence-corrected chi connectivity index (χ2v) is 15.4. The molecular formula is C34H36Cl2F2N4O10S. The van der Waals surface area contributed by atoms with E-state index in [2.05, 4.69) is 9.64 Å². The first-order chi connectivity index (χ1) is 25.2. The zero-order chi connectivity index (χ0) is 37.9. The van der Waals surface area contributed by atoms with Crippen LogP contribution in [0.4, 0.5) is 14.5 Å². The minimum atomic E-state index is -3.72. The third kappa shape index (κ3) is 9.89. The van der Waals surface area contributed by atoms with Gasteiger partial charge >= 0.3 is 18.3 Å². The van der Waals surface area contributed by atoms with Crippen molar-refractivity contribution in [1.82, 2.24) is 9.47 Å². The fraction of sp³-hybridized carbons (Fsp3) is 0.441. The number of nitrogens with zero attached hydrogens (tertiary/aromatic N) is 4. The van der Waals surface area contributed by atoms with Gasteiger partial charge in [0.05, 0.1) is 37.3 Å². The smallest absolute Gasteiger partial charge is 0.420 e. The Hall–Kier alpha value is -4.16. The average Bonchev–Trinajstić information content (AvgIpc) is 3.87. The van der Waals surface area contributed by atoms with Crippen LogP contribution in [-0.4, -0.2) is 82.7 Å². The first-order valence-electron chi connectivity index (χ1n) is 16.6. The number of morpholine rings is 1. The molecule has 0 spiro atoms. The van der Waals surface area contributed by atoms with Crippen molar-refractivity contribution in [2.24, 2.45) is 5.92 Å². The number of aromatic nitrogens is 2. The first-order valence-corrected chi connectivity index (χ1v) is 19.2. The number of sulfonamides is 1. The van der Waals surface area contributed by atoms with Crippen LogP contribution in [0.15, 0.2) is 58.0 Å². The summed E-state index contributed by atoms with van der Waals surface area (Å²) in [6.07, 6.45) is 3.78. The maximum absolute atomic E-state index is 13.6. The predicted octanol–water partition coefficient (Wildman–Crippen LogP) is 4.55. The molecule has 2 aliphatic rings. The molecule has 0 radical (unpaired) electrons. The Bertz CT molecular complexity index is 2100. The number of hydrogen-bond acceptors (Lipinski definition) is 11. The number of fused-ring (bicyclic) bond motifs is 1. The number of ether oxygens (including phenoxy) is 4. The van der Waals surface area contributed by atoms with Gasteiger partial charge in [0.2, 0.25) is 10.0 Å². The van der Waals surface area contributed by atoms with E-state index in [0.29, 0.717) is 43.1 Å². The van der Waals surface area contributed by atoms with E-state index < -0.39 is 41.0 Å². The van der Waals surface area contributed by atoms with Crippen LogP contribution in [0.2, 0.25) is 10.0 Å². The highest BCUT2D eigenvalue weighted by atomic mass is 35.5. The summed E-state index contributed by atoms with van der Waals surface area (Å²) in [6, 6.07) is 8.47. The van der Waals surface area contributed by atoms with E-state index in [1.165, 1.54) is 40.7 Å². The van der Waals surface area contributed by atoms with Crippen LogP contribution >= 0.6 is 23.2 Å². The highest BCUT2D eigenvalue weighted by molar-refractivity contribution is 7.92. The Balaban J connectivity index is 1.26. The van der Waals surface area contributed by atoms with Crippen LogP contribution in [0.3, 0.4) is 0 Å². The van der Waals surface area contributed by atoms with Gasteiger partial charge in [-0.1, -0.05) is 29.3 Å².